The molecule has 4 amide bonds. The Bertz CT molecular complexity index is 1990. The van der Waals surface area contributed by atoms with E-state index in [-0.39, 0.29) is 47.0 Å². The maximum absolute atomic E-state index is 13.3. The Hall–Kier alpha value is -5.27. The molecule has 1 aromatic heterocycles. The first kappa shape index (κ1) is 32.7. The predicted molar refractivity (Wildman–Crippen MR) is 181 cm³/mol. The Balaban J connectivity index is 1.13. The fourth-order valence-electron chi connectivity index (χ4n) is 5.12. The smallest absolute Gasteiger partial charge is 0.339 e. The minimum absolute atomic E-state index is 0.0205. The second-order valence-electron chi connectivity index (χ2n) is 10.8. The van der Waals surface area contributed by atoms with Crippen LogP contribution in [0.2, 0.25) is 5.02 Å². The lowest BCUT2D eigenvalue weighted by molar-refractivity contribution is -0.127. The van der Waals surface area contributed by atoms with Gasteiger partial charge >= 0.3 is 5.97 Å². The van der Waals surface area contributed by atoms with Crippen molar-refractivity contribution in [2.45, 2.75) is 26.3 Å². The minimum atomic E-state index is -0.642. The molecule has 3 heterocycles. The number of benzene rings is 3. The number of halogens is 1. The van der Waals surface area contributed by atoms with Gasteiger partial charge < -0.3 is 29.4 Å². The zero-order valence-corrected chi connectivity index (χ0v) is 27.2. The molecule has 2 aliphatic heterocycles. The molecule has 0 bridgehead atoms. The molecule has 0 radical (unpaired) electrons. The average Bonchev–Trinajstić information content (AvgIpc) is 3.74. The number of esters is 1. The number of rotatable bonds is 11. The van der Waals surface area contributed by atoms with Gasteiger partial charge in [0.25, 0.3) is 11.1 Å². The Morgan fingerprint density at radius 3 is 2.50 bits per heavy atom. The Morgan fingerprint density at radius 1 is 0.958 bits per heavy atom. The van der Waals surface area contributed by atoms with Crippen LogP contribution < -0.4 is 20.1 Å². The van der Waals surface area contributed by atoms with Crippen LogP contribution in [0.1, 0.15) is 35.7 Å². The van der Waals surface area contributed by atoms with Crippen LogP contribution in [-0.2, 0) is 25.7 Å². The highest BCUT2D eigenvalue weighted by molar-refractivity contribution is 8.18. The molecule has 0 saturated carbocycles. The van der Waals surface area contributed by atoms with E-state index in [4.69, 9.17) is 25.8 Å². The summed E-state index contributed by atoms with van der Waals surface area (Å²) < 4.78 is 17.7. The molecular weight excluding hydrogens is 660 g/mol. The van der Waals surface area contributed by atoms with Crippen molar-refractivity contribution in [1.29, 1.82) is 0 Å². The Labute approximate surface area is 283 Å². The van der Waals surface area contributed by atoms with Crippen LogP contribution in [0.4, 0.5) is 16.2 Å². The molecule has 4 aromatic rings. The number of aromatic nitrogens is 1. The van der Waals surface area contributed by atoms with Crippen LogP contribution in [0.25, 0.3) is 17.0 Å². The third kappa shape index (κ3) is 7.16. The van der Waals surface area contributed by atoms with E-state index in [1.807, 2.05) is 31.2 Å². The molecule has 0 unspecified atom stereocenters. The number of thioether (sulfide) groups is 1. The van der Waals surface area contributed by atoms with Gasteiger partial charge in [-0.15, -0.1) is 0 Å². The van der Waals surface area contributed by atoms with Crippen LogP contribution in [0.15, 0.2) is 71.8 Å². The number of anilines is 2. The van der Waals surface area contributed by atoms with Crippen molar-refractivity contribution < 1.29 is 38.2 Å². The normalized spacial score (nSPS) is 14.5. The first-order valence-corrected chi connectivity index (χ1v) is 16.2. The molecule has 1 saturated heterocycles. The van der Waals surface area contributed by atoms with Gasteiger partial charge in [0.1, 0.15) is 13.1 Å². The summed E-state index contributed by atoms with van der Waals surface area (Å²) in [6.45, 7) is 1.78. The van der Waals surface area contributed by atoms with E-state index in [9.17, 15) is 24.0 Å². The van der Waals surface area contributed by atoms with Crippen molar-refractivity contribution in [2.75, 3.05) is 30.6 Å². The number of amides is 4. The van der Waals surface area contributed by atoms with E-state index >= 15 is 0 Å². The van der Waals surface area contributed by atoms with Crippen molar-refractivity contribution >= 4 is 80.6 Å². The number of hydrogen-bond acceptors (Lipinski definition) is 9. The van der Waals surface area contributed by atoms with E-state index in [2.05, 4.69) is 10.6 Å². The summed E-state index contributed by atoms with van der Waals surface area (Å²) in [7, 11) is 0. The number of imide groups is 1. The van der Waals surface area contributed by atoms with Gasteiger partial charge in [-0.2, -0.15) is 0 Å². The summed E-state index contributed by atoms with van der Waals surface area (Å²) in [5, 5.41) is 5.79. The molecular formula is C34H29ClN4O8S. The largest absolute Gasteiger partial charge is 0.462 e. The number of fused-ring (bicyclic) bond motifs is 2. The molecule has 0 spiro atoms. The zero-order chi connectivity index (χ0) is 33.8. The molecule has 2 N–H and O–H groups in total. The highest BCUT2D eigenvalue weighted by atomic mass is 35.5. The van der Waals surface area contributed by atoms with E-state index in [0.717, 1.165) is 22.2 Å². The summed E-state index contributed by atoms with van der Waals surface area (Å²) in [6, 6.07) is 16.8. The number of unbranched alkanes of at least 4 members (excludes halogenated alkanes) is 1. The van der Waals surface area contributed by atoms with Crippen molar-refractivity contribution in [1.82, 2.24) is 9.47 Å². The second-order valence-corrected chi connectivity index (χ2v) is 12.2. The number of carbonyl (C=O) groups is 5. The minimum Gasteiger partial charge on any atom is -0.462 e. The quantitative estimate of drug-likeness (QED) is 0.105. The van der Waals surface area contributed by atoms with E-state index in [1.165, 1.54) is 18.2 Å². The molecule has 14 heteroatoms. The van der Waals surface area contributed by atoms with Gasteiger partial charge in [0.05, 0.1) is 22.1 Å². The van der Waals surface area contributed by atoms with Gasteiger partial charge in [0, 0.05) is 40.1 Å². The van der Waals surface area contributed by atoms with E-state index in [0.29, 0.717) is 40.9 Å². The van der Waals surface area contributed by atoms with Crippen LogP contribution in [-0.4, -0.2) is 58.3 Å². The molecule has 48 heavy (non-hydrogen) atoms. The fourth-order valence-corrected chi connectivity index (χ4v) is 6.14. The van der Waals surface area contributed by atoms with Gasteiger partial charge in [-0.25, -0.2) is 4.79 Å². The Morgan fingerprint density at radius 2 is 1.69 bits per heavy atom. The maximum Gasteiger partial charge on any atom is 0.339 e. The second kappa shape index (κ2) is 14.2. The fraction of sp³-hybridized carbons (Fsp3) is 0.206. The number of para-hydroxylation sites is 1. The lowest BCUT2D eigenvalue weighted by atomic mass is 10.1. The van der Waals surface area contributed by atoms with Gasteiger partial charge in [-0.3, -0.25) is 24.1 Å². The molecule has 3 aromatic carbocycles. The molecule has 246 valence electrons. The molecule has 12 nitrogen and oxygen atoms in total. The zero-order valence-electron chi connectivity index (χ0n) is 25.6. The third-order valence-corrected chi connectivity index (χ3v) is 8.69. The third-order valence-electron chi connectivity index (χ3n) is 7.45. The summed E-state index contributed by atoms with van der Waals surface area (Å²) in [4.78, 5) is 65.4. The maximum atomic E-state index is 13.3. The van der Waals surface area contributed by atoms with Crippen molar-refractivity contribution in [3.05, 3.63) is 87.9 Å². The monoisotopic (exact) mass is 688 g/mol. The van der Waals surface area contributed by atoms with Crippen LogP contribution >= 0.6 is 23.4 Å². The van der Waals surface area contributed by atoms with Gasteiger partial charge in [0.15, 0.2) is 11.5 Å². The van der Waals surface area contributed by atoms with Crippen molar-refractivity contribution in [3.8, 4) is 11.5 Å². The summed E-state index contributed by atoms with van der Waals surface area (Å²) in [6.07, 6.45) is 4.87. The van der Waals surface area contributed by atoms with Gasteiger partial charge in [-0.05, 0) is 60.7 Å². The van der Waals surface area contributed by atoms with E-state index in [1.54, 1.807) is 35.0 Å². The summed E-state index contributed by atoms with van der Waals surface area (Å²) >= 11 is 6.88. The van der Waals surface area contributed by atoms with Crippen LogP contribution in [0.5, 0.6) is 11.5 Å². The van der Waals surface area contributed by atoms with Crippen LogP contribution in [0.3, 0.4) is 0 Å². The topological polar surface area (TPSA) is 145 Å². The Kier molecular flexibility index (Phi) is 9.69. The van der Waals surface area contributed by atoms with Crippen LogP contribution in [0, 0.1) is 0 Å². The van der Waals surface area contributed by atoms with Gasteiger partial charge in [0.2, 0.25) is 18.6 Å². The molecule has 0 atom stereocenters. The predicted octanol–water partition coefficient (Wildman–Crippen LogP) is 6.29. The lowest BCUT2D eigenvalue weighted by Crippen LogP contribution is -2.36. The highest BCUT2D eigenvalue weighted by Crippen LogP contribution is 2.35. The highest BCUT2D eigenvalue weighted by Gasteiger charge is 2.36. The van der Waals surface area contributed by atoms with E-state index < -0.39 is 29.6 Å². The van der Waals surface area contributed by atoms with Crippen molar-refractivity contribution in [2.24, 2.45) is 0 Å². The number of nitrogens with one attached hydrogen (secondary N) is 2. The first-order valence-electron chi connectivity index (χ1n) is 15.0. The SMILES string of the molecule is CCCCOC(=O)c1cc(NC(=O)CN2C(=O)S/C(=C\c3cn(CC(=O)Nc4ccc5c(c4)OCO5)c4ccccc34)C2=O)ccc1Cl. The standard InChI is InChI=1S/C34H29ClN4O8S/c1-2-3-12-45-33(43)24-14-21(8-10-25(24)35)36-31(41)18-39-32(42)29(48-34(39)44)13-20-16-38(26-7-5-4-6-23(20)26)17-30(40)37-22-9-11-27-28(15-22)47-19-46-27/h4-11,13-16H,2-3,12,17-19H2,1H3,(H,36,41)(H,37,40)/b29-13-. The molecule has 1 fully saturated rings. The number of ether oxygens (including phenoxy) is 3. The number of hydrogen-bond donors (Lipinski definition) is 2. The first-order chi connectivity index (χ1) is 23.2. The molecule has 0 aliphatic carbocycles. The number of carbonyl (C=O) groups excluding carboxylic acids is 5. The molecule has 6 rings (SSSR count). The van der Waals surface area contributed by atoms with Crippen molar-refractivity contribution in [3.63, 3.8) is 0 Å². The molecule has 2 aliphatic rings. The number of nitrogens with zero attached hydrogens (tertiary/aromatic N) is 2. The summed E-state index contributed by atoms with van der Waals surface area (Å²) in [5.74, 6) is -1.02. The lowest BCUT2D eigenvalue weighted by Gasteiger charge is -2.13. The summed E-state index contributed by atoms with van der Waals surface area (Å²) in [5.41, 5.74) is 2.27. The average molecular weight is 689 g/mol. The van der Waals surface area contributed by atoms with Gasteiger partial charge in [-0.1, -0.05) is 43.1 Å².